The lowest BCUT2D eigenvalue weighted by atomic mass is 9.99. The largest absolute Gasteiger partial charge is 0.477 e. The summed E-state index contributed by atoms with van der Waals surface area (Å²) in [6.45, 7) is 1.42. The Morgan fingerprint density at radius 1 is 1.16 bits per heavy atom. The first-order chi connectivity index (χ1) is 21.5. The number of carboxylic acid groups (broad SMARTS) is 1. The number of hydrogen-bond donors (Lipinski definition) is 3. The van der Waals surface area contributed by atoms with Gasteiger partial charge in [-0.05, 0) is 36.1 Å². The molecule has 1 fully saturated rings. The second-order valence-corrected chi connectivity index (χ2v) is 12.0. The van der Waals surface area contributed by atoms with Gasteiger partial charge in [0.1, 0.15) is 41.1 Å². The number of ether oxygens (including phenoxy) is 1. The van der Waals surface area contributed by atoms with Crippen LogP contribution in [0.25, 0.3) is 10.9 Å². The molecule has 2 aromatic carbocycles. The molecule has 14 heteroatoms. The van der Waals surface area contributed by atoms with Crippen LogP contribution in [0.3, 0.4) is 0 Å². The third-order valence-corrected chi connectivity index (χ3v) is 9.31. The molecule has 3 aliphatic heterocycles. The summed E-state index contributed by atoms with van der Waals surface area (Å²) in [7, 11) is 0. The summed E-state index contributed by atoms with van der Waals surface area (Å²) in [6.07, 6.45) is 2.71. The molecule has 3 aromatic rings. The summed E-state index contributed by atoms with van der Waals surface area (Å²) < 4.78 is 21.1. The highest BCUT2D eigenvalue weighted by Gasteiger charge is 2.54. The number of benzene rings is 2. The molecule has 1 aromatic heterocycles. The molecule has 3 atom stereocenters. The molecule has 1 saturated heterocycles. The summed E-state index contributed by atoms with van der Waals surface area (Å²) in [5.74, 6) is -4.70. The molecule has 4 heterocycles. The zero-order chi connectivity index (χ0) is 32.0. The number of fused-ring (bicyclic) bond motifs is 1. The Morgan fingerprint density at radius 2 is 1.91 bits per heavy atom. The normalized spacial score (nSPS) is 19.3. The highest BCUT2D eigenvalue weighted by molar-refractivity contribution is 8.00. The minimum Gasteiger partial charge on any atom is -0.477 e. The lowest BCUT2D eigenvalue weighted by Gasteiger charge is -2.49. The summed E-state index contributed by atoms with van der Waals surface area (Å²) in [5.41, 5.74) is 0.637. The van der Waals surface area contributed by atoms with E-state index in [-0.39, 0.29) is 34.6 Å². The van der Waals surface area contributed by atoms with E-state index in [1.807, 2.05) is 0 Å². The number of amides is 3. The SMILES string of the molecule is CC(=O)OCC1=C(C(=O)O)N2C(=O)C(NC(=O)C(NC(=O)c3cn4c5c(cc(F)cc5c3=O)CCC4)c3ccccc3)C2SC1. The summed E-state index contributed by atoms with van der Waals surface area (Å²) >= 11 is 1.20. The van der Waals surface area contributed by atoms with E-state index in [9.17, 15) is 38.3 Å². The number of aromatic nitrogens is 1. The maximum absolute atomic E-state index is 14.4. The number of halogens is 1. The number of carbonyl (C=O) groups is 5. The Hall–Kier alpha value is -4.98. The molecular weight excluding hydrogens is 607 g/mol. The zero-order valence-corrected chi connectivity index (χ0v) is 24.7. The predicted molar refractivity (Wildman–Crippen MR) is 159 cm³/mol. The van der Waals surface area contributed by atoms with E-state index in [0.717, 1.165) is 11.0 Å². The molecule has 3 amide bonds. The maximum atomic E-state index is 14.4. The number of esters is 1. The lowest BCUT2D eigenvalue weighted by molar-refractivity contribution is -0.151. The van der Waals surface area contributed by atoms with E-state index < -0.39 is 58.4 Å². The minimum atomic E-state index is -1.37. The van der Waals surface area contributed by atoms with Crippen LogP contribution >= 0.6 is 11.8 Å². The lowest BCUT2D eigenvalue weighted by Crippen LogP contribution is -2.71. The highest BCUT2D eigenvalue weighted by Crippen LogP contribution is 2.40. The number of carboxylic acids is 1. The Bertz CT molecular complexity index is 1870. The van der Waals surface area contributed by atoms with Crippen molar-refractivity contribution >= 4 is 52.3 Å². The van der Waals surface area contributed by atoms with E-state index in [1.165, 1.54) is 30.9 Å². The Labute approximate surface area is 259 Å². The van der Waals surface area contributed by atoms with Crippen molar-refractivity contribution in [3.63, 3.8) is 0 Å². The molecule has 232 valence electrons. The van der Waals surface area contributed by atoms with Crippen LogP contribution in [-0.2, 0) is 36.9 Å². The number of thioether (sulfide) groups is 1. The van der Waals surface area contributed by atoms with Gasteiger partial charge in [0.05, 0.1) is 5.52 Å². The number of carbonyl (C=O) groups excluding carboxylic acids is 4. The fourth-order valence-electron chi connectivity index (χ4n) is 5.93. The molecule has 0 radical (unpaired) electrons. The summed E-state index contributed by atoms with van der Waals surface area (Å²) in [6, 6.07) is 8.28. The smallest absolute Gasteiger partial charge is 0.352 e. The van der Waals surface area contributed by atoms with Crippen molar-refractivity contribution in [3.8, 4) is 0 Å². The van der Waals surface area contributed by atoms with Crippen molar-refractivity contribution in [2.24, 2.45) is 0 Å². The van der Waals surface area contributed by atoms with Crippen LogP contribution in [-0.4, -0.2) is 68.0 Å². The molecule has 0 bridgehead atoms. The zero-order valence-electron chi connectivity index (χ0n) is 23.9. The van der Waals surface area contributed by atoms with Gasteiger partial charge in [0.2, 0.25) is 11.3 Å². The average Bonchev–Trinajstić information content (AvgIpc) is 3.02. The molecule has 0 saturated carbocycles. The molecule has 45 heavy (non-hydrogen) atoms. The van der Waals surface area contributed by atoms with Crippen molar-refractivity contribution in [3.05, 3.63) is 92.7 Å². The molecule has 3 aliphatic rings. The third-order valence-electron chi connectivity index (χ3n) is 7.97. The summed E-state index contributed by atoms with van der Waals surface area (Å²) in [5, 5.41) is 14.4. The second kappa shape index (κ2) is 11.8. The molecule has 6 rings (SSSR count). The van der Waals surface area contributed by atoms with Gasteiger partial charge in [-0.1, -0.05) is 30.3 Å². The first-order valence-corrected chi connectivity index (χ1v) is 15.1. The topological polar surface area (TPSA) is 164 Å². The van der Waals surface area contributed by atoms with Gasteiger partial charge in [0.15, 0.2) is 0 Å². The number of aliphatic carboxylic acids is 1. The minimum absolute atomic E-state index is 0.0721. The van der Waals surface area contributed by atoms with Gasteiger partial charge in [0.25, 0.3) is 11.8 Å². The Balaban J connectivity index is 1.26. The van der Waals surface area contributed by atoms with E-state index in [0.29, 0.717) is 36.0 Å². The standard InChI is InChI=1S/C31H27FN4O8S/c1-15(37)44-13-18-14-45-30-23(29(41)36(30)25(18)31(42)43)34-28(40)22(16-6-3-2-4-7-16)33-27(39)21-12-35-9-5-8-17-10-19(32)11-20(24(17)35)26(21)38/h2-4,6-7,10-12,22-23,30H,5,8-9,13-14H2,1H3,(H,33,39)(H,34,40)(H,42,43). The van der Waals surface area contributed by atoms with E-state index in [2.05, 4.69) is 10.6 Å². The van der Waals surface area contributed by atoms with Gasteiger partial charge >= 0.3 is 11.9 Å². The van der Waals surface area contributed by atoms with Crippen LogP contribution in [0.1, 0.15) is 40.9 Å². The van der Waals surface area contributed by atoms with Crippen molar-refractivity contribution in [1.29, 1.82) is 0 Å². The first-order valence-electron chi connectivity index (χ1n) is 14.1. The maximum Gasteiger partial charge on any atom is 0.352 e. The number of pyridine rings is 1. The van der Waals surface area contributed by atoms with Gasteiger partial charge in [-0.3, -0.25) is 28.9 Å². The average molecular weight is 635 g/mol. The van der Waals surface area contributed by atoms with E-state index in [4.69, 9.17) is 4.74 Å². The van der Waals surface area contributed by atoms with Crippen LogP contribution in [0.4, 0.5) is 4.39 Å². The number of hydrogen-bond acceptors (Lipinski definition) is 8. The van der Waals surface area contributed by atoms with Crippen LogP contribution < -0.4 is 16.1 Å². The molecule has 12 nitrogen and oxygen atoms in total. The van der Waals surface area contributed by atoms with Crippen molar-refractivity contribution < 1.29 is 38.2 Å². The fraction of sp³-hybridized carbons (Fsp3) is 0.290. The van der Waals surface area contributed by atoms with Crippen LogP contribution in [0.15, 0.2) is 64.7 Å². The summed E-state index contributed by atoms with van der Waals surface area (Å²) in [4.78, 5) is 78.2. The third kappa shape index (κ3) is 5.45. The van der Waals surface area contributed by atoms with Crippen molar-refractivity contribution in [2.75, 3.05) is 12.4 Å². The highest BCUT2D eigenvalue weighted by atomic mass is 32.2. The van der Waals surface area contributed by atoms with Crippen molar-refractivity contribution in [1.82, 2.24) is 20.1 Å². The number of nitrogens with one attached hydrogen (secondary N) is 2. The molecule has 3 N–H and O–H groups in total. The van der Waals surface area contributed by atoms with Crippen LogP contribution in [0.5, 0.6) is 0 Å². The van der Waals surface area contributed by atoms with Gasteiger partial charge in [0, 0.05) is 36.4 Å². The van der Waals surface area contributed by atoms with Gasteiger partial charge in [-0.25, -0.2) is 9.18 Å². The van der Waals surface area contributed by atoms with Gasteiger partial charge in [-0.15, -0.1) is 11.8 Å². The Morgan fingerprint density at radius 3 is 2.62 bits per heavy atom. The monoisotopic (exact) mass is 634 g/mol. The van der Waals surface area contributed by atoms with E-state index >= 15 is 0 Å². The van der Waals surface area contributed by atoms with E-state index in [1.54, 1.807) is 34.9 Å². The number of β-lactam (4-membered cyclic amide) rings is 1. The number of nitrogens with zero attached hydrogens (tertiary/aromatic N) is 2. The number of rotatable bonds is 8. The Kier molecular flexibility index (Phi) is 7.91. The molecule has 3 unspecified atom stereocenters. The van der Waals surface area contributed by atoms with Gasteiger partial charge < -0.3 is 25.0 Å². The number of aryl methyl sites for hydroxylation is 2. The second-order valence-electron chi connectivity index (χ2n) is 10.9. The molecule has 0 aliphatic carbocycles. The van der Waals surface area contributed by atoms with Gasteiger partial charge in [-0.2, -0.15) is 0 Å². The van der Waals surface area contributed by atoms with Crippen LogP contribution in [0, 0.1) is 5.82 Å². The molecule has 0 spiro atoms. The fourth-order valence-corrected chi connectivity index (χ4v) is 7.26. The quantitative estimate of drug-likeness (QED) is 0.248. The van der Waals surface area contributed by atoms with Crippen LogP contribution in [0.2, 0.25) is 0 Å². The molecular formula is C31H27FN4O8S. The first kappa shape index (κ1) is 30.1. The predicted octanol–water partition coefficient (Wildman–Crippen LogP) is 1.86. The van der Waals surface area contributed by atoms with Crippen molar-refractivity contribution in [2.45, 2.75) is 43.8 Å².